The van der Waals surface area contributed by atoms with Crippen LogP contribution in [0.3, 0.4) is 0 Å². The Morgan fingerprint density at radius 2 is 1.73 bits per heavy atom. The molecule has 0 aliphatic rings. The average molecular weight is 447 g/mol. The number of nitrogens with zero attached hydrogens (tertiary/aromatic N) is 1. The van der Waals surface area contributed by atoms with Gasteiger partial charge < -0.3 is 10.2 Å². The molecule has 0 aromatic heterocycles. The Bertz CT molecular complexity index is 809. The zero-order valence-electron chi connectivity index (χ0n) is 18.0. The normalized spacial score (nSPS) is 11.7. The van der Waals surface area contributed by atoms with Gasteiger partial charge in [0.15, 0.2) is 0 Å². The van der Waals surface area contributed by atoms with Crippen LogP contribution in [0.2, 0.25) is 5.02 Å². The predicted molar refractivity (Wildman–Crippen MR) is 126 cm³/mol. The standard InChI is InChI=1S/C24H31ClN2O2S/c1-4-6-15-26-24(29)22(5-2)27(16-19-9-11-20(25)12-10-19)23(28)17-30-21-13-7-18(3)8-14-21/h7-14,22H,4-6,15-17H2,1-3H3,(H,26,29)/t22-/m1/s1. The lowest BCUT2D eigenvalue weighted by Crippen LogP contribution is -2.49. The highest BCUT2D eigenvalue weighted by atomic mass is 35.5. The van der Waals surface area contributed by atoms with E-state index in [-0.39, 0.29) is 17.6 Å². The molecule has 0 unspecified atom stereocenters. The van der Waals surface area contributed by atoms with Crippen LogP contribution in [0.25, 0.3) is 0 Å². The molecule has 0 saturated carbocycles. The number of carbonyl (C=O) groups is 2. The minimum atomic E-state index is -0.497. The molecule has 0 fully saturated rings. The summed E-state index contributed by atoms with van der Waals surface area (Å²) < 4.78 is 0. The maximum absolute atomic E-state index is 13.2. The van der Waals surface area contributed by atoms with Gasteiger partial charge in [-0.2, -0.15) is 0 Å². The third kappa shape index (κ3) is 7.69. The van der Waals surface area contributed by atoms with Crippen LogP contribution in [-0.2, 0) is 16.1 Å². The van der Waals surface area contributed by atoms with Gasteiger partial charge in [-0.3, -0.25) is 9.59 Å². The van der Waals surface area contributed by atoms with Crippen LogP contribution in [0.4, 0.5) is 0 Å². The molecule has 1 atom stereocenters. The van der Waals surface area contributed by atoms with E-state index in [9.17, 15) is 9.59 Å². The first-order valence-electron chi connectivity index (χ1n) is 10.5. The number of aryl methyl sites for hydroxylation is 1. The Balaban J connectivity index is 2.15. The predicted octanol–water partition coefficient (Wildman–Crippen LogP) is 5.46. The van der Waals surface area contributed by atoms with Crippen molar-refractivity contribution in [2.45, 2.75) is 57.5 Å². The topological polar surface area (TPSA) is 49.4 Å². The van der Waals surface area contributed by atoms with Crippen LogP contribution in [-0.4, -0.2) is 35.1 Å². The number of hydrogen-bond acceptors (Lipinski definition) is 3. The van der Waals surface area contributed by atoms with Crippen LogP contribution < -0.4 is 5.32 Å². The molecule has 0 aliphatic heterocycles. The fourth-order valence-electron chi connectivity index (χ4n) is 3.07. The first-order valence-corrected chi connectivity index (χ1v) is 11.8. The molecule has 0 aliphatic carbocycles. The number of amides is 2. The van der Waals surface area contributed by atoms with Crippen molar-refractivity contribution in [3.63, 3.8) is 0 Å². The molecule has 30 heavy (non-hydrogen) atoms. The van der Waals surface area contributed by atoms with E-state index in [1.54, 1.807) is 4.90 Å². The summed E-state index contributed by atoms with van der Waals surface area (Å²) >= 11 is 7.50. The van der Waals surface area contributed by atoms with Gasteiger partial charge >= 0.3 is 0 Å². The monoisotopic (exact) mass is 446 g/mol. The molecule has 0 heterocycles. The molecule has 2 aromatic rings. The number of nitrogens with one attached hydrogen (secondary N) is 1. The SMILES string of the molecule is CCCCNC(=O)[C@@H](CC)N(Cc1ccc(Cl)cc1)C(=O)CSc1ccc(C)cc1. The van der Waals surface area contributed by atoms with E-state index in [2.05, 4.69) is 12.2 Å². The van der Waals surface area contributed by atoms with Gasteiger partial charge in [0.05, 0.1) is 5.75 Å². The minimum absolute atomic E-state index is 0.0481. The molecule has 0 radical (unpaired) electrons. The molecule has 162 valence electrons. The van der Waals surface area contributed by atoms with Crippen LogP contribution in [0.15, 0.2) is 53.4 Å². The molecular weight excluding hydrogens is 416 g/mol. The van der Waals surface area contributed by atoms with Crippen molar-refractivity contribution in [3.8, 4) is 0 Å². The molecule has 6 heteroatoms. The van der Waals surface area contributed by atoms with Gasteiger partial charge in [-0.05, 0) is 49.6 Å². The molecule has 0 spiro atoms. The molecule has 4 nitrogen and oxygen atoms in total. The second-order valence-corrected chi connectivity index (χ2v) is 8.80. The molecule has 2 aromatic carbocycles. The quantitative estimate of drug-likeness (QED) is 0.368. The summed E-state index contributed by atoms with van der Waals surface area (Å²) in [6, 6.07) is 15.0. The van der Waals surface area contributed by atoms with Crippen molar-refractivity contribution in [3.05, 3.63) is 64.7 Å². The summed E-state index contributed by atoms with van der Waals surface area (Å²) in [6.45, 7) is 7.08. The summed E-state index contributed by atoms with van der Waals surface area (Å²) in [7, 11) is 0. The number of thioether (sulfide) groups is 1. The highest BCUT2D eigenvalue weighted by molar-refractivity contribution is 8.00. The molecule has 1 N–H and O–H groups in total. The highest BCUT2D eigenvalue weighted by Gasteiger charge is 2.28. The van der Waals surface area contributed by atoms with E-state index in [0.29, 0.717) is 24.5 Å². The van der Waals surface area contributed by atoms with Gasteiger partial charge in [-0.15, -0.1) is 11.8 Å². The van der Waals surface area contributed by atoms with E-state index in [0.717, 1.165) is 23.3 Å². The smallest absolute Gasteiger partial charge is 0.242 e. The molecule has 2 amide bonds. The van der Waals surface area contributed by atoms with Crippen LogP contribution in [0.1, 0.15) is 44.2 Å². The summed E-state index contributed by atoms with van der Waals surface area (Å²) in [4.78, 5) is 28.7. The first-order chi connectivity index (χ1) is 14.4. The van der Waals surface area contributed by atoms with Crippen molar-refractivity contribution in [1.29, 1.82) is 0 Å². The van der Waals surface area contributed by atoms with Gasteiger partial charge in [-0.1, -0.05) is 61.7 Å². The van der Waals surface area contributed by atoms with Crippen molar-refractivity contribution < 1.29 is 9.59 Å². The fourth-order valence-corrected chi connectivity index (χ4v) is 3.99. The molecule has 0 saturated heterocycles. The highest BCUT2D eigenvalue weighted by Crippen LogP contribution is 2.21. The lowest BCUT2D eigenvalue weighted by Gasteiger charge is -2.30. The van der Waals surface area contributed by atoms with Crippen LogP contribution in [0.5, 0.6) is 0 Å². The molecule has 0 bridgehead atoms. The van der Waals surface area contributed by atoms with Gasteiger partial charge in [0.2, 0.25) is 11.8 Å². The first kappa shape index (κ1) is 24.3. The number of halogens is 1. The lowest BCUT2D eigenvalue weighted by molar-refractivity contribution is -0.139. The maximum atomic E-state index is 13.2. The Labute approximate surface area is 189 Å². The fraction of sp³-hybridized carbons (Fsp3) is 0.417. The van der Waals surface area contributed by atoms with Crippen molar-refractivity contribution in [2.24, 2.45) is 0 Å². The third-order valence-corrected chi connectivity index (χ3v) is 6.11. The minimum Gasteiger partial charge on any atom is -0.354 e. The van der Waals surface area contributed by atoms with Crippen LogP contribution in [0, 0.1) is 6.92 Å². The zero-order chi connectivity index (χ0) is 21.9. The second kappa shape index (κ2) is 12.7. The Morgan fingerprint density at radius 1 is 1.07 bits per heavy atom. The van der Waals surface area contributed by atoms with E-state index < -0.39 is 6.04 Å². The number of carbonyl (C=O) groups excluding carboxylic acids is 2. The largest absolute Gasteiger partial charge is 0.354 e. The maximum Gasteiger partial charge on any atom is 0.242 e. The summed E-state index contributed by atoms with van der Waals surface area (Å²) in [6.07, 6.45) is 2.50. The van der Waals surface area contributed by atoms with Crippen molar-refractivity contribution in [1.82, 2.24) is 10.2 Å². The van der Waals surface area contributed by atoms with E-state index in [4.69, 9.17) is 11.6 Å². The Hall–Kier alpha value is -1.98. The number of benzene rings is 2. The Morgan fingerprint density at radius 3 is 2.33 bits per heavy atom. The van der Waals surface area contributed by atoms with Gasteiger partial charge in [0.25, 0.3) is 0 Å². The van der Waals surface area contributed by atoms with Crippen molar-refractivity contribution in [2.75, 3.05) is 12.3 Å². The zero-order valence-corrected chi connectivity index (χ0v) is 19.6. The van der Waals surface area contributed by atoms with Gasteiger partial charge in [0, 0.05) is 23.0 Å². The molecule has 2 rings (SSSR count). The van der Waals surface area contributed by atoms with Crippen LogP contribution >= 0.6 is 23.4 Å². The lowest BCUT2D eigenvalue weighted by atomic mass is 10.1. The summed E-state index contributed by atoms with van der Waals surface area (Å²) in [5, 5.41) is 3.63. The van der Waals surface area contributed by atoms with Gasteiger partial charge in [0.1, 0.15) is 6.04 Å². The van der Waals surface area contributed by atoms with E-state index in [1.807, 2.05) is 62.4 Å². The Kier molecular flexibility index (Phi) is 10.2. The van der Waals surface area contributed by atoms with Crippen molar-refractivity contribution >= 4 is 35.2 Å². The number of unbranched alkanes of at least 4 members (excludes halogenated alkanes) is 1. The number of rotatable bonds is 11. The van der Waals surface area contributed by atoms with E-state index in [1.165, 1.54) is 17.3 Å². The average Bonchev–Trinajstić information content (AvgIpc) is 2.74. The van der Waals surface area contributed by atoms with Gasteiger partial charge in [-0.25, -0.2) is 0 Å². The molecular formula is C24H31ClN2O2S. The van der Waals surface area contributed by atoms with E-state index >= 15 is 0 Å². The summed E-state index contributed by atoms with van der Waals surface area (Å²) in [5.74, 6) is 0.150. The summed E-state index contributed by atoms with van der Waals surface area (Å²) in [5.41, 5.74) is 2.14. The number of hydrogen-bond donors (Lipinski definition) is 1. The second-order valence-electron chi connectivity index (χ2n) is 7.32. The third-order valence-electron chi connectivity index (χ3n) is 4.86.